The molecule has 1 aromatic rings. The highest BCUT2D eigenvalue weighted by Gasteiger charge is 2.41. The molecule has 0 aliphatic carbocycles. The number of rotatable bonds is 2. The Kier molecular flexibility index (Phi) is 5.19. The third kappa shape index (κ3) is 3.43. The molecule has 2 saturated heterocycles. The van der Waals surface area contributed by atoms with Crippen LogP contribution in [0, 0.1) is 16.4 Å². The van der Waals surface area contributed by atoms with Crippen molar-refractivity contribution in [2.75, 3.05) is 18.1 Å². The number of aliphatic hydroxyl groups is 1. The minimum absolute atomic E-state index is 0.0460. The van der Waals surface area contributed by atoms with E-state index >= 15 is 0 Å². The van der Waals surface area contributed by atoms with Crippen LogP contribution in [0.1, 0.15) is 42.9 Å². The van der Waals surface area contributed by atoms with Crippen LogP contribution in [0.25, 0.3) is 0 Å². The molecule has 0 aromatic heterocycles. The standard InChI is InChI=1S/C17H23IO2S/c1-12-3-2-4-14(15(12)18)16(19)13-5-8-20-17(11-13)6-9-21-10-7-17/h2-4,13,16,19H,5-11H2,1H3. The molecule has 0 saturated carbocycles. The minimum atomic E-state index is -0.354. The van der Waals surface area contributed by atoms with E-state index in [9.17, 15) is 5.11 Å². The number of thioether (sulfide) groups is 1. The number of halogens is 1. The highest BCUT2D eigenvalue weighted by molar-refractivity contribution is 14.1. The molecule has 2 fully saturated rings. The first-order valence-electron chi connectivity index (χ1n) is 7.76. The molecule has 2 unspecified atom stereocenters. The Labute approximate surface area is 145 Å². The van der Waals surface area contributed by atoms with Crippen molar-refractivity contribution in [1.29, 1.82) is 0 Å². The fourth-order valence-electron chi connectivity index (χ4n) is 3.58. The molecule has 2 atom stereocenters. The Morgan fingerprint density at radius 3 is 2.90 bits per heavy atom. The quantitative estimate of drug-likeness (QED) is 0.726. The lowest BCUT2D eigenvalue weighted by molar-refractivity contribution is -0.121. The summed E-state index contributed by atoms with van der Waals surface area (Å²) in [5, 5.41) is 10.9. The van der Waals surface area contributed by atoms with Crippen LogP contribution in [0.5, 0.6) is 0 Å². The average Bonchev–Trinajstić information content (AvgIpc) is 2.50. The summed E-state index contributed by atoms with van der Waals surface area (Å²) < 4.78 is 7.36. The Bertz CT molecular complexity index is 494. The van der Waals surface area contributed by atoms with Crippen molar-refractivity contribution in [3.63, 3.8) is 0 Å². The molecule has 2 aliphatic rings. The van der Waals surface area contributed by atoms with Crippen molar-refractivity contribution in [2.45, 2.75) is 44.3 Å². The number of benzene rings is 1. The summed E-state index contributed by atoms with van der Waals surface area (Å²) in [6.07, 6.45) is 3.92. The molecule has 2 nitrogen and oxygen atoms in total. The van der Waals surface area contributed by atoms with Gasteiger partial charge in [0.1, 0.15) is 0 Å². The molecule has 0 radical (unpaired) electrons. The predicted molar refractivity (Wildman–Crippen MR) is 96.8 cm³/mol. The fourth-order valence-corrected chi connectivity index (χ4v) is 5.49. The van der Waals surface area contributed by atoms with E-state index in [4.69, 9.17) is 4.74 Å². The third-order valence-corrected chi connectivity index (χ3v) is 7.38. The molecule has 1 N–H and O–H groups in total. The topological polar surface area (TPSA) is 29.5 Å². The lowest BCUT2D eigenvalue weighted by Crippen LogP contribution is -2.44. The molecule has 21 heavy (non-hydrogen) atoms. The molecule has 1 spiro atoms. The van der Waals surface area contributed by atoms with Crippen LogP contribution in [-0.2, 0) is 4.74 Å². The van der Waals surface area contributed by atoms with Gasteiger partial charge in [0.15, 0.2) is 0 Å². The molecule has 0 bridgehead atoms. The summed E-state index contributed by atoms with van der Waals surface area (Å²) in [4.78, 5) is 0. The molecule has 2 heterocycles. The molecule has 2 aliphatic heterocycles. The molecule has 116 valence electrons. The zero-order valence-corrected chi connectivity index (χ0v) is 15.5. The van der Waals surface area contributed by atoms with Crippen molar-refractivity contribution >= 4 is 34.4 Å². The Morgan fingerprint density at radius 2 is 2.14 bits per heavy atom. The van der Waals surface area contributed by atoms with Crippen molar-refractivity contribution < 1.29 is 9.84 Å². The largest absolute Gasteiger partial charge is 0.388 e. The summed E-state index contributed by atoms with van der Waals surface area (Å²) in [5.74, 6) is 2.73. The zero-order valence-electron chi connectivity index (χ0n) is 12.5. The van der Waals surface area contributed by atoms with Gasteiger partial charge in [0, 0.05) is 10.2 Å². The normalized spacial score (nSPS) is 26.7. The molecule has 3 rings (SSSR count). The van der Waals surface area contributed by atoms with Crippen LogP contribution in [0.4, 0.5) is 0 Å². The number of hydrogen-bond acceptors (Lipinski definition) is 3. The van der Waals surface area contributed by atoms with Crippen molar-refractivity contribution in [2.24, 2.45) is 5.92 Å². The van der Waals surface area contributed by atoms with Gasteiger partial charge in [-0.05, 0) is 83.7 Å². The first kappa shape index (κ1) is 16.1. The summed E-state index contributed by atoms with van der Waals surface area (Å²) in [6.45, 7) is 2.91. The SMILES string of the molecule is Cc1cccc(C(O)C2CCOC3(CCSCC3)C2)c1I. The van der Waals surface area contributed by atoms with Crippen LogP contribution < -0.4 is 0 Å². The monoisotopic (exact) mass is 418 g/mol. The van der Waals surface area contributed by atoms with Crippen LogP contribution in [0.2, 0.25) is 0 Å². The van der Waals surface area contributed by atoms with E-state index in [0.29, 0.717) is 5.92 Å². The van der Waals surface area contributed by atoms with Crippen LogP contribution in [0.15, 0.2) is 18.2 Å². The Hall–Kier alpha value is 0.220. The van der Waals surface area contributed by atoms with Gasteiger partial charge in [-0.25, -0.2) is 0 Å². The van der Waals surface area contributed by atoms with E-state index in [-0.39, 0.29) is 11.7 Å². The number of hydrogen-bond donors (Lipinski definition) is 1. The third-order valence-electron chi connectivity index (χ3n) is 4.92. The van der Waals surface area contributed by atoms with E-state index in [0.717, 1.165) is 37.9 Å². The van der Waals surface area contributed by atoms with E-state index in [2.05, 4.69) is 47.7 Å². The van der Waals surface area contributed by atoms with E-state index in [1.54, 1.807) is 0 Å². The Balaban J connectivity index is 1.78. The molecule has 0 amide bonds. The lowest BCUT2D eigenvalue weighted by Gasteiger charge is -2.44. The second-order valence-corrected chi connectivity index (χ2v) is 8.62. The van der Waals surface area contributed by atoms with Crippen molar-refractivity contribution in [3.8, 4) is 0 Å². The second-order valence-electron chi connectivity index (χ2n) is 6.32. The highest BCUT2D eigenvalue weighted by Crippen LogP contribution is 2.44. The first-order valence-corrected chi connectivity index (χ1v) is 9.99. The van der Waals surface area contributed by atoms with E-state index < -0.39 is 0 Å². The minimum Gasteiger partial charge on any atom is -0.388 e. The molecular weight excluding hydrogens is 395 g/mol. The van der Waals surface area contributed by atoms with Gasteiger partial charge >= 0.3 is 0 Å². The second kappa shape index (κ2) is 6.77. The predicted octanol–water partition coefficient (Wildman–Crippen LogP) is 4.33. The van der Waals surface area contributed by atoms with Gasteiger partial charge in [-0.1, -0.05) is 18.2 Å². The maximum Gasteiger partial charge on any atom is 0.0830 e. The molecular formula is C17H23IO2S. The van der Waals surface area contributed by atoms with Gasteiger partial charge in [-0.2, -0.15) is 11.8 Å². The number of aliphatic hydroxyl groups excluding tert-OH is 1. The van der Waals surface area contributed by atoms with Gasteiger partial charge in [-0.3, -0.25) is 0 Å². The van der Waals surface area contributed by atoms with Crippen LogP contribution in [0.3, 0.4) is 0 Å². The van der Waals surface area contributed by atoms with Gasteiger partial charge < -0.3 is 9.84 Å². The summed E-state index contributed by atoms with van der Waals surface area (Å²) in [6, 6.07) is 6.25. The fraction of sp³-hybridized carbons (Fsp3) is 0.647. The molecule has 4 heteroatoms. The summed E-state index contributed by atoms with van der Waals surface area (Å²) in [7, 11) is 0. The van der Waals surface area contributed by atoms with E-state index in [1.165, 1.54) is 20.6 Å². The lowest BCUT2D eigenvalue weighted by atomic mass is 9.78. The number of aryl methyl sites for hydroxylation is 1. The first-order chi connectivity index (χ1) is 10.1. The van der Waals surface area contributed by atoms with Gasteiger partial charge in [-0.15, -0.1) is 0 Å². The van der Waals surface area contributed by atoms with Gasteiger partial charge in [0.2, 0.25) is 0 Å². The highest BCUT2D eigenvalue weighted by atomic mass is 127. The maximum atomic E-state index is 10.9. The van der Waals surface area contributed by atoms with Crippen molar-refractivity contribution in [1.82, 2.24) is 0 Å². The molecule has 1 aromatic carbocycles. The van der Waals surface area contributed by atoms with E-state index in [1.807, 2.05) is 11.8 Å². The Morgan fingerprint density at radius 1 is 1.38 bits per heavy atom. The van der Waals surface area contributed by atoms with Gasteiger partial charge in [0.25, 0.3) is 0 Å². The van der Waals surface area contributed by atoms with Crippen LogP contribution in [-0.4, -0.2) is 28.8 Å². The maximum absolute atomic E-state index is 10.9. The number of ether oxygens (including phenoxy) is 1. The summed E-state index contributed by atoms with van der Waals surface area (Å²) in [5.41, 5.74) is 2.40. The summed E-state index contributed by atoms with van der Waals surface area (Å²) >= 11 is 4.40. The average molecular weight is 418 g/mol. The van der Waals surface area contributed by atoms with Gasteiger partial charge in [0.05, 0.1) is 11.7 Å². The zero-order chi connectivity index (χ0) is 14.9. The van der Waals surface area contributed by atoms with Crippen LogP contribution >= 0.6 is 34.4 Å². The smallest absolute Gasteiger partial charge is 0.0830 e. The van der Waals surface area contributed by atoms with Crippen molar-refractivity contribution in [3.05, 3.63) is 32.9 Å².